The summed E-state index contributed by atoms with van der Waals surface area (Å²) in [6.45, 7) is 9.48. The van der Waals surface area contributed by atoms with Crippen molar-refractivity contribution in [3.05, 3.63) is 46.7 Å². The van der Waals surface area contributed by atoms with Gasteiger partial charge in [-0.25, -0.2) is 14.2 Å². The highest BCUT2D eigenvalue weighted by atomic mass is 35.5. The van der Waals surface area contributed by atoms with Gasteiger partial charge in [0.1, 0.15) is 17.3 Å². The van der Waals surface area contributed by atoms with Gasteiger partial charge in [0.05, 0.1) is 16.8 Å². The molecule has 1 N–H and O–H groups in total. The van der Waals surface area contributed by atoms with Crippen molar-refractivity contribution in [1.29, 1.82) is 0 Å². The summed E-state index contributed by atoms with van der Waals surface area (Å²) in [4.78, 5) is 24.0. The van der Waals surface area contributed by atoms with Crippen LogP contribution in [0.4, 0.5) is 14.9 Å². The first-order valence-corrected chi connectivity index (χ1v) is 14.4. The minimum atomic E-state index is -1.12. The number of halogens is 2. The smallest absolute Gasteiger partial charge is 0.410 e. The number of thioether (sulfide) groups is 1. The molecule has 8 nitrogen and oxygen atoms in total. The molecule has 5 rings (SSSR count). The molecule has 2 aromatic rings. The summed E-state index contributed by atoms with van der Waals surface area (Å²) < 4.78 is 25.0. The minimum absolute atomic E-state index is 0.0832. The molecule has 1 saturated heterocycles. The van der Waals surface area contributed by atoms with Gasteiger partial charge in [0, 0.05) is 61.1 Å². The fraction of sp³-hybridized carbons (Fsp3) is 0.500. The largest absolute Gasteiger partial charge is 0.444 e. The van der Waals surface area contributed by atoms with E-state index in [0.717, 1.165) is 27.3 Å². The first kappa shape index (κ1) is 28.0. The maximum atomic E-state index is 13.7. The van der Waals surface area contributed by atoms with Gasteiger partial charge in [-0.15, -0.1) is 11.8 Å². The molecule has 1 amide bonds. The number of aliphatic imine (C=N–C) groups is 1. The summed E-state index contributed by atoms with van der Waals surface area (Å²) in [6, 6.07) is 8.08. The zero-order valence-electron chi connectivity index (χ0n) is 22.8. The van der Waals surface area contributed by atoms with Crippen LogP contribution in [0.3, 0.4) is 0 Å². The van der Waals surface area contributed by atoms with Crippen LogP contribution in [0.1, 0.15) is 33.3 Å². The topological polar surface area (TPSA) is 77.8 Å². The standard InChI is InChI=1S/C28H34ClFN4O4S/c1-16-13-32(27(36)38-28(2,3)4)10-11-33(16)25-20-12-21(29)22(17-6-8-18(30)9-7-17)24-23(20)34(26(35)31-25)14-19(37-5)15-39-24/h6-9,12,16,19,26,35H,10-11,13-15H2,1-5H3/t16-,19+,26?/m0/s1. The van der Waals surface area contributed by atoms with E-state index < -0.39 is 12.0 Å². The SMILES string of the molecule is CO[C@H]1CSc2c(-c3ccc(F)cc3)c(Cl)cc3c2N(C1)C(O)N=C3N1CCN(C(=O)OC(C)(C)C)C[C@@H]1C. The van der Waals surface area contributed by atoms with Crippen molar-refractivity contribution in [3.63, 3.8) is 0 Å². The summed E-state index contributed by atoms with van der Waals surface area (Å²) in [5.74, 6) is 0.966. The van der Waals surface area contributed by atoms with E-state index in [0.29, 0.717) is 42.8 Å². The van der Waals surface area contributed by atoms with E-state index in [1.54, 1.807) is 35.9 Å². The van der Waals surface area contributed by atoms with Crippen LogP contribution in [0.15, 0.2) is 40.2 Å². The highest BCUT2D eigenvalue weighted by molar-refractivity contribution is 7.99. The Bertz CT molecular complexity index is 1290. The molecule has 0 aliphatic carbocycles. The summed E-state index contributed by atoms with van der Waals surface area (Å²) >= 11 is 8.57. The highest BCUT2D eigenvalue weighted by Crippen LogP contribution is 2.49. The second-order valence-electron chi connectivity index (χ2n) is 11.1. The Balaban J connectivity index is 1.55. The molecule has 1 unspecified atom stereocenters. The van der Waals surface area contributed by atoms with Crippen LogP contribution in [0.25, 0.3) is 11.1 Å². The molecule has 0 saturated carbocycles. The molecule has 0 radical (unpaired) electrons. The van der Waals surface area contributed by atoms with Gasteiger partial charge in [-0.05, 0) is 51.5 Å². The molecule has 1 fully saturated rings. The average molecular weight is 577 g/mol. The van der Waals surface area contributed by atoms with E-state index in [2.05, 4.69) is 4.90 Å². The normalized spacial score (nSPS) is 23.2. The molecular formula is C28H34ClFN4O4S. The molecular weight excluding hydrogens is 543 g/mol. The minimum Gasteiger partial charge on any atom is -0.444 e. The van der Waals surface area contributed by atoms with Gasteiger partial charge in [-0.3, -0.25) is 0 Å². The van der Waals surface area contributed by atoms with Crippen LogP contribution in [0.2, 0.25) is 5.02 Å². The Labute approximate surface area is 237 Å². The van der Waals surface area contributed by atoms with Crippen molar-refractivity contribution in [1.82, 2.24) is 9.80 Å². The lowest BCUT2D eigenvalue weighted by Gasteiger charge is -2.44. The number of rotatable bonds is 2. The van der Waals surface area contributed by atoms with Crippen LogP contribution < -0.4 is 4.90 Å². The number of amides is 1. The summed E-state index contributed by atoms with van der Waals surface area (Å²) in [6.07, 6.45) is -1.60. The lowest BCUT2D eigenvalue weighted by atomic mass is 9.98. The second-order valence-corrected chi connectivity index (χ2v) is 12.5. The van der Waals surface area contributed by atoms with Gasteiger partial charge in [-0.1, -0.05) is 23.7 Å². The first-order chi connectivity index (χ1) is 18.5. The molecule has 3 atom stereocenters. The number of aliphatic hydroxyl groups is 1. The van der Waals surface area contributed by atoms with Gasteiger partial charge >= 0.3 is 6.09 Å². The third-order valence-corrected chi connectivity index (χ3v) is 8.61. The van der Waals surface area contributed by atoms with Crippen LogP contribution in [0, 0.1) is 5.82 Å². The molecule has 0 spiro atoms. The number of aliphatic hydroxyl groups excluding tert-OH is 1. The Hall–Kier alpha value is -2.53. The van der Waals surface area contributed by atoms with Crippen LogP contribution in [0.5, 0.6) is 0 Å². The predicted molar refractivity (Wildman–Crippen MR) is 152 cm³/mol. The van der Waals surface area contributed by atoms with Gasteiger partial charge in [0.25, 0.3) is 0 Å². The van der Waals surface area contributed by atoms with Crippen molar-refractivity contribution in [2.45, 2.75) is 56.7 Å². The molecule has 0 bridgehead atoms. The predicted octanol–water partition coefficient (Wildman–Crippen LogP) is 5.05. The summed E-state index contributed by atoms with van der Waals surface area (Å²) in [5.41, 5.74) is 2.66. The quantitative estimate of drug-likeness (QED) is 0.536. The number of ether oxygens (including phenoxy) is 2. The van der Waals surface area contributed by atoms with Crippen LogP contribution in [-0.2, 0) is 9.47 Å². The monoisotopic (exact) mass is 576 g/mol. The zero-order chi connectivity index (χ0) is 28.1. The summed E-state index contributed by atoms with van der Waals surface area (Å²) in [5, 5.41) is 11.8. The van der Waals surface area contributed by atoms with Crippen molar-refractivity contribution in [2.24, 2.45) is 4.99 Å². The maximum Gasteiger partial charge on any atom is 0.410 e. The fourth-order valence-electron chi connectivity index (χ4n) is 5.23. The lowest BCUT2D eigenvalue weighted by Crippen LogP contribution is -2.57. The molecule has 11 heteroatoms. The summed E-state index contributed by atoms with van der Waals surface area (Å²) in [7, 11) is 1.66. The Morgan fingerprint density at radius 1 is 1.18 bits per heavy atom. The number of nitrogens with zero attached hydrogens (tertiary/aromatic N) is 4. The van der Waals surface area contributed by atoms with E-state index in [4.69, 9.17) is 26.1 Å². The molecule has 0 aromatic heterocycles. The molecule has 39 heavy (non-hydrogen) atoms. The van der Waals surface area contributed by atoms with Gasteiger partial charge in [-0.2, -0.15) is 0 Å². The molecule has 3 heterocycles. The average Bonchev–Trinajstić information content (AvgIpc) is 3.07. The van der Waals surface area contributed by atoms with Gasteiger partial charge in [0.2, 0.25) is 6.35 Å². The second kappa shape index (κ2) is 10.8. The molecule has 3 aliphatic heterocycles. The first-order valence-electron chi connectivity index (χ1n) is 13.0. The number of anilines is 1. The fourth-order valence-corrected chi connectivity index (χ4v) is 6.93. The Morgan fingerprint density at radius 3 is 2.54 bits per heavy atom. The van der Waals surface area contributed by atoms with E-state index in [9.17, 15) is 14.3 Å². The zero-order valence-corrected chi connectivity index (χ0v) is 24.4. The number of hydrogen-bond donors (Lipinski definition) is 1. The molecule has 210 valence electrons. The van der Waals surface area contributed by atoms with Crippen molar-refractivity contribution in [2.75, 3.05) is 43.9 Å². The Kier molecular flexibility index (Phi) is 7.76. The number of amidine groups is 1. The van der Waals surface area contributed by atoms with Crippen molar-refractivity contribution in [3.8, 4) is 11.1 Å². The highest BCUT2D eigenvalue weighted by Gasteiger charge is 2.40. The van der Waals surface area contributed by atoms with Crippen molar-refractivity contribution >= 4 is 41.0 Å². The van der Waals surface area contributed by atoms with Crippen LogP contribution in [-0.4, -0.2) is 90.0 Å². The third kappa shape index (κ3) is 5.57. The van der Waals surface area contributed by atoms with Crippen molar-refractivity contribution < 1.29 is 23.8 Å². The van der Waals surface area contributed by atoms with Gasteiger partial charge < -0.3 is 29.3 Å². The number of carbonyl (C=O) groups is 1. The molecule has 2 aromatic carbocycles. The van der Waals surface area contributed by atoms with E-state index >= 15 is 0 Å². The van der Waals surface area contributed by atoms with Crippen LogP contribution >= 0.6 is 23.4 Å². The lowest BCUT2D eigenvalue weighted by molar-refractivity contribution is 0.0131. The number of carbonyl (C=O) groups excluding carboxylic acids is 1. The third-order valence-electron chi connectivity index (χ3n) is 7.08. The van der Waals surface area contributed by atoms with E-state index in [-0.39, 0.29) is 24.1 Å². The number of methoxy groups -OCH3 is 1. The Morgan fingerprint density at radius 2 is 1.90 bits per heavy atom. The number of piperazine rings is 1. The van der Waals surface area contributed by atoms with E-state index in [1.807, 2.05) is 38.7 Å². The number of benzene rings is 2. The maximum absolute atomic E-state index is 13.7. The molecule has 3 aliphatic rings. The number of hydrogen-bond acceptors (Lipinski definition) is 8. The van der Waals surface area contributed by atoms with Gasteiger partial charge in [0.15, 0.2) is 0 Å². The van der Waals surface area contributed by atoms with E-state index in [1.165, 1.54) is 12.1 Å².